The number of aliphatic hydroxyl groups is 7. The quantitative estimate of drug-likeness (QED) is 0.0909. The van der Waals surface area contributed by atoms with E-state index in [1.54, 1.807) is 27.7 Å². The number of hydrogen-bond acceptors (Lipinski definition) is 9. The highest BCUT2D eigenvalue weighted by molar-refractivity contribution is 5.88. The van der Waals surface area contributed by atoms with E-state index in [1.165, 1.54) is 44.4 Å². The van der Waals surface area contributed by atoms with E-state index >= 15 is 0 Å². The molecule has 2 saturated heterocycles. The summed E-state index contributed by atoms with van der Waals surface area (Å²) < 4.78 is 10.7. The lowest BCUT2D eigenvalue weighted by Crippen LogP contribution is -2.62. The second-order valence-electron chi connectivity index (χ2n) is 15.5. The molecule has 8 rings (SSSR count). The van der Waals surface area contributed by atoms with Crippen molar-refractivity contribution < 1.29 is 45.2 Å². The predicted molar refractivity (Wildman–Crippen MR) is 242 cm³/mol. The number of rotatable bonds is 4. The third kappa shape index (κ3) is 12.9. The van der Waals surface area contributed by atoms with Gasteiger partial charge in [-0.1, -0.05) is 144 Å². The first-order valence-electron chi connectivity index (χ1n) is 21.2. The van der Waals surface area contributed by atoms with E-state index in [9.17, 15) is 30.6 Å². The van der Waals surface area contributed by atoms with Crippen LogP contribution in [0, 0.1) is 0 Å². The van der Waals surface area contributed by atoms with Gasteiger partial charge in [-0.15, -0.1) is 0 Å². The largest absolute Gasteiger partial charge is 0.394 e. The van der Waals surface area contributed by atoms with E-state index in [2.05, 4.69) is 114 Å². The van der Waals surface area contributed by atoms with Gasteiger partial charge in [-0.25, -0.2) is 0 Å². The Kier molecular flexibility index (Phi) is 19.8. The molecule has 3 heterocycles. The zero-order chi connectivity index (χ0) is 44.6. The number of fused-ring (bicyclic) bond motifs is 2. The second kappa shape index (κ2) is 23.7. The van der Waals surface area contributed by atoms with Crippen LogP contribution in [0.4, 0.5) is 0 Å². The fraction of sp³-hybridized carbons (Fsp3) is 0.440. The lowest BCUT2D eigenvalue weighted by atomic mass is 9.87. The highest BCUT2D eigenvalue weighted by Gasteiger charge is 2.48. The summed E-state index contributed by atoms with van der Waals surface area (Å²) in [7, 11) is 0. The Morgan fingerprint density at radius 1 is 0.583 bits per heavy atom. The van der Waals surface area contributed by atoms with Gasteiger partial charge < -0.3 is 50.2 Å². The minimum atomic E-state index is -1.28. The highest BCUT2D eigenvalue weighted by Crippen LogP contribution is 2.32. The lowest BCUT2D eigenvalue weighted by molar-refractivity contribution is -0.262. The first kappa shape index (κ1) is 50.2. The van der Waals surface area contributed by atoms with Crippen LogP contribution in [0.3, 0.4) is 0 Å². The molecule has 2 fully saturated rings. The van der Waals surface area contributed by atoms with Crippen LogP contribution < -0.4 is 0 Å². The van der Waals surface area contributed by atoms with Crippen molar-refractivity contribution in [1.82, 2.24) is 4.98 Å². The summed E-state index contributed by atoms with van der Waals surface area (Å²) in [4.78, 5) is 3.41. The van der Waals surface area contributed by atoms with Crippen LogP contribution in [0.25, 0.3) is 33.8 Å². The SMILES string of the molecule is C1=C(c2ccccc2)Cc2ccccc21.CC.CC.CC1(C)O[C@H](CO)[C@@H](O)[C@H](O)[C@H]1O.CC[C@H]1OC(C)(C)[C@H](O)[C@@H](O)[C@@H]1O.c1ccc(-c2cc3ccccc3[nH]2)cc1. The maximum Gasteiger partial charge on any atom is 0.111 e. The number of hydrogen-bond donors (Lipinski definition) is 8. The van der Waals surface area contributed by atoms with Gasteiger partial charge in [0, 0.05) is 16.6 Å². The Morgan fingerprint density at radius 2 is 1.05 bits per heavy atom. The van der Waals surface area contributed by atoms with Gasteiger partial charge in [0.05, 0.1) is 23.9 Å². The van der Waals surface area contributed by atoms with Crippen molar-refractivity contribution in [3.63, 3.8) is 0 Å². The normalized spacial score (nSPS) is 25.6. The van der Waals surface area contributed by atoms with E-state index in [4.69, 9.17) is 14.6 Å². The molecule has 0 unspecified atom stereocenters. The summed E-state index contributed by atoms with van der Waals surface area (Å²) in [5.41, 5.74) is 7.44. The molecule has 5 aromatic rings. The average Bonchev–Trinajstić information content (AvgIpc) is 3.93. The number of benzene rings is 4. The van der Waals surface area contributed by atoms with Crippen LogP contribution in [0.2, 0.25) is 0 Å². The molecule has 8 atom stereocenters. The maximum atomic E-state index is 9.55. The molecule has 328 valence electrons. The molecule has 2 aliphatic heterocycles. The minimum absolute atomic E-state index is 0.381. The number of nitrogens with one attached hydrogen (secondary N) is 1. The Hall–Kier alpha value is -4.20. The number of H-pyrrole nitrogens is 1. The van der Waals surface area contributed by atoms with Gasteiger partial charge in [0.15, 0.2) is 0 Å². The molecule has 0 saturated carbocycles. The molecule has 10 nitrogen and oxygen atoms in total. The molecule has 4 aromatic carbocycles. The Balaban J connectivity index is 0.000000208. The van der Waals surface area contributed by atoms with Gasteiger partial charge in [0.25, 0.3) is 0 Å². The molecule has 0 radical (unpaired) electrons. The van der Waals surface area contributed by atoms with E-state index in [1.807, 2.05) is 46.8 Å². The molecule has 60 heavy (non-hydrogen) atoms. The monoisotopic (exact) mass is 827 g/mol. The average molecular weight is 828 g/mol. The van der Waals surface area contributed by atoms with Crippen molar-refractivity contribution in [2.45, 2.75) is 135 Å². The van der Waals surface area contributed by atoms with Crippen molar-refractivity contribution in [2.24, 2.45) is 0 Å². The summed E-state index contributed by atoms with van der Waals surface area (Å²) >= 11 is 0. The summed E-state index contributed by atoms with van der Waals surface area (Å²) in [5, 5.41) is 66.9. The molecule has 1 aromatic heterocycles. The van der Waals surface area contributed by atoms with Crippen molar-refractivity contribution in [3.05, 3.63) is 132 Å². The number of para-hydroxylation sites is 1. The standard InChI is InChI=1S/C15H12.C14H11N.C9H18O4.C8H16O5.2C2H6/c1-2-6-12(7-3-1)15-10-13-8-4-5-9-14(13)11-15;1-2-6-11(7-3-1)14-10-12-8-4-5-9-13(12)15-14;1-4-5-6(10)7(11)8(12)9(2,3)13-5;1-8(2)7(12)6(11)5(10)4(3-9)13-8;2*1-2/h1-10H,11H2;1-10,15H;5-8,10-12H,4H2,1-3H3;4-7,9-12H,3H2,1-2H3;2*1-2H3/t;;5-,6-,7+,8-;4-,5-,6+,7-;;/m..11../s1. The lowest BCUT2D eigenvalue weighted by Gasteiger charge is -2.45. The van der Waals surface area contributed by atoms with Crippen molar-refractivity contribution in [1.29, 1.82) is 0 Å². The summed E-state index contributed by atoms with van der Waals surface area (Å²) in [5.74, 6) is 0. The molecule has 8 N–H and O–H groups in total. The van der Waals surface area contributed by atoms with Crippen LogP contribution in [-0.4, -0.2) is 107 Å². The van der Waals surface area contributed by atoms with Crippen molar-refractivity contribution in [2.75, 3.05) is 6.61 Å². The van der Waals surface area contributed by atoms with Crippen LogP contribution >= 0.6 is 0 Å². The van der Waals surface area contributed by atoms with Gasteiger partial charge in [0.2, 0.25) is 0 Å². The van der Waals surface area contributed by atoms with Crippen LogP contribution in [-0.2, 0) is 15.9 Å². The number of aromatic amines is 1. The summed E-state index contributed by atoms with van der Waals surface area (Å²) in [6.45, 7) is 16.1. The fourth-order valence-corrected chi connectivity index (χ4v) is 7.13. The zero-order valence-electron chi connectivity index (χ0n) is 36.7. The van der Waals surface area contributed by atoms with Gasteiger partial charge in [0.1, 0.15) is 42.7 Å². The number of aliphatic hydroxyl groups excluding tert-OH is 7. The summed E-state index contributed by atoms with van der Waals surface area (Å²) in [6, 6.07) is 40.1. The zero-order valence-corrected chi connectivity index (χ0v) is 36.7. The number of aromatic nitrogens is 1. The minimum Gasteiger partial charge on any atom is -0.394 e. The predicted octanol–water partition coefficient (Wildman–Crippen LogP) is 7.57. The fourth-order valence-electron chi connectivity index (χ4n) is 7.13. The first-order valence-corrected chi connectivity index (χ1v) is 21.2. The van der Waals surface area contributed by atoms with Gasteiger partial charge >= 0.3 is 0 Å². The number of ether oxygens (including phenoxy) is 2. The van der Waals surface area contributed by atoms with Crippen molar-refractivity contribution in [3.8, 4) is 11.3 Å². The van der Waals surface area contributed by atoms with Crippen LogP contribution in [0.15, 0.2) is 115 Å². The van der Waals surface area contributed by atoms with E-state index < -0.39 is 60.0 Å². The van der Waals surface area contributed by atoms with Crippen LogP contribution in [0.5, 0.6) is 0 Å². The third-order valence-electron chi connectivity index (χ3n) is 10.6. The van der Waals surface area contributed by atoms with E-state index in [0.29, 0.717) is 6.42 Å². The highest BCUT2D eigenvalue weighted by atomic mass is 16.6. The van der Waals surface area contributed by atoms with Gasteiger partial charge in [-0.2, -0.15) is 0 Å². The maximum absolute atomic E-state index is 9.55. The molecular weight excluding hydrogens is 759 g/mol. The third-order valence-corrected chi connectivity index (χ3v) is 10.6. The van der Waals surface area contributed by atoms with E-state index in [0.717, 1.165) is 6.42 Å². The molecule has 10 heteroatoms. The smallest absolute Gasteiger partial charge is 0.111 e. The second-order valence-corrected chi connectivity index (χ2v) is 15.5. The Labute approximate surface area is 356 Å². The van der Waals surface area contributed by atoms with Crippen LogP contribution in [0.1, 0.15) is 85.4 Å². The molecule has 0 amide bonds. The molecule has 3 aliphatic rings. The Bertz CT molecular complexity index is 1920. The molecule has 0 bridgehead atoms. The number of allylic oxidation sites excluding steroid dienone is 1. The molecule has 1 aliphatic carbocycles. The molecular formula is C50H69NO9. The van der Waals surface area contributed by atoms with Crippen molar-refractivity contribution >= 4 is 22.6 Å². The molecule has 0 spiro atoms. The van der Waals surface area contributed by atoms with Gasteiger partial charge in [-0.05, 0) is 80.5 Å². The summed E-state index contributed by atoms with van der Waals surface area (Å²) in [6.07, 6.45) is -4.06. The first-order chi connectivity index (χ1) is 28.7. The Morgan fingerprint density at radius 3 is 1.57 bits per heavy atom. The van der Waals surface area contributed by atoms with Gasteiger partial charge in [-0.3, -0.25) is 0 Å². The topological polar surface area (TPSA) is 176 Å². The van der Waals surface area contributed by atoms with E-state index in [-0.39, 0.29) is 6.61 Å².